The first-order valence-electron chi connectivity index (χ1n) is 3.55. The van der Waals surface area contributed by atoms with Crippen molar-refractivity contribution in [2.45, 2.75) is 30.6 Å². The lowest BCUT2D eigenvalue weighted by atomic mass is 10.0. The van der Waals surface area contributed by atoms with Crippen molar-refractivity contribution in [3.05, 3.63) is 6.42 Å². The Morgan fingerprint density at radius 1 is 1.60 bits per heavy atom. The molecule has 0 nitrogen and oxygen atoms in total. The monoisotopic (exact) mass is 257 g/mol. The van der Waals surface area contributed by atoms with Gasteiger partial charge in [-0.1, -0.05) is 43.4 Å². The van der Waals surface area contributed by atoms with E-state index in [0.717, 1.165) is 6.42 Å². The molecular formula is C8H15FI. The summed E-state index contributed by atoms with van der Waals surface area (Å²) < 4.78 is 12.1. The first-order chi connectivity index (χ1) is 4.45. The summed E-state index contributed by atoms with van der Waals surface area (Å²) in [6.45, 7) is 5.97. The average Bonchev–Trinajstić information content (AvgIpc) is 1.81. The van der Waals surface area contributed by atoms with Gasteiger partial charge in [0.15, 0.2) is 0 Å². The molecule has 10 heavy (non-hydrogen) atoms. The van der Waals surface area contributed by atoms with Gasteiger partial charge in [0.2, 0.25) is 0 Å². The molecule has 1 radical (unpaired) electrons. The first-order valence-corrected chi connectivity index (χ1v) is 4.63. The summed E-state index contributed by atoms with van der Waals surface area (Å²) in [5.74, 6) is 0.189. The topological polar surface area (TPSA) is 0 Å². The maximum absolute atomic E-state index is 11.9. The standard InChI is InChI=1S/C8H15FI/c1-7(6-9)4-5-8(2,3)10/h5,7H,4,6H2,1-3H3. The Morgan fingerprint density at radius 3 is 2.40 bits per heavy atom. The van der Waals surface area contributed by atoms with Crippen LogP contribution in [0.15, 0.2) is 0 Å². The van der Waals surface area contributed by atoms with Crippen molar-refractivity contribution in [2.75, 3.05) is 6.67 Å². The molecule has 0 saturated carbocycles. The van der Waals surface area contributed by atoms with Gasteiger partial charge < -0.3 is 0 Å². The molecular weight excluding hydrogens is 242 g/mol. The van der Waals surface area contributed by atoms with Crippen LogP contribution in [0.25, 0.3) is 0 Å². The van der Waals surface area contributed by atoms with Crippen LogP contribution in [0.1, 0.15) is 27.2 Å². The summed E-state index contributed by atoms with van der Waals surface area (Å²) in [5.41, 5.74) is 0. The van der Waals surface area contributed by atoms with E-state index >= 15 is 0 Å². The zero-order valence-electron chi connectivity index (χ0n) is 6.82. The third kappa shape index (κ3) is 6.78. The van der Waals surface area contributed by atoms with Crippen LogP contribution in [0, 0.1) is 12.3 Å². The second kappa shape index (κ2) is 4.52. The number of hydrogen-bond donors (Lipinski definition) is 0. The van der Waals surface area contributed by atoms with Crippen molar-refractivity contribution >= 4 is 22.6 Å². The Balaban J connectivity index is 3.36. The minimum absolute atomic E-state index is 0.189. The van der Waals surface area contributed by atoms with Gasteiger partial charge in [0.25, 0.3) is 0 Å². The number of hydrogen-bond acceptors (Lipinski definition) is 0. The summed E-state index contributed by atoms with van der Waals surface area (Å²) in [6.07, 6.45) is 3.05. The molecule has 1 atom stereocenters. The van der Waals surface area contributed by atoms with E-state index in [1.54, 1.807) is 0 Å². The lowest BCUT2D eigenvalue weighted by molar-refractivity contribution is 0.375. The lowest BCUT2D eigenvalue weighted by Crippen LogP contribution is -2.12. The zero-order valence-corrected chi connectivity index (χ0v) is 8.98. The molecule has 0 aliphatic carbocycles. The Hall–Kier alpha value is 0.660. The lowest BCUT2D eigenvalue weighted by Gasteiger charge is -2.16. The molecule has 0 saturated heterocycles. The van der Waals surface area contributed by atoms with Crippen LogP contribution in [0.2, 0.25) is 0 Å². The van der Waals surface area contributed by atoms with Crippen molar-refractivity contribution < 1.29 is 4.39 Å². The molecule has 0 aliphatic heterocycles. The van der Waals surface area contributed by atoms with E-state index in [-0.39, 0.29) is 16.0 Å². The number of rotatable bonds is 4. The second-order valence-corrected chi connectivity index (χ2v) is 6.04. The molecule has 0 aromatic heterocycles. The largest absolute Gasteiger partial charge is 0.251 e. The average molecular weight is 257 g/mol. The maximum Gasteiger partial charge on any atom is 0.0920 e. The van der Waals surface area contributed by atoms with Crippen molar-refractivity contribution in [3.8, 4) is 0 Å². The maximum atomic E-state index is 11.9. The first kappa shape index (κ1) is 10.7. The fraction of sp³-hybridized carbons (Fsp3) is 0.875. The molecule has 0 aromatic rings. The smallest absolute Gasteiger partial charge is 0.0920 e. The highest BCUT2D eigenvalue weighted by atomic mass is 127. The molecule has 0 fully saturated rings. The van der Waals surface area contributed by atoms with Gasteiger partial charge in [-0.15, -0.1) is 0 Å². The van der Waals surface area contributed by atoms with Crippen molar-refractivity contribution in [3.63, 3.8) is 0 Å². The molecule has 61 valence electrons. The summed E-state index contributed by atoms with van der Waals surface area (Å²) in [6, 6.07) is 0. The molecule has 2 heteroatoms. The molecule has 0 heterocycles. The van der Waals surface area contributed by atoms with Gasteiger partial charge in [0.1, 0.15) is 0 Å². The normalized spacial score (nSPS) is 15.3. The van der Waals surface area contributed by atoms with Crippen molar-refractivity contribution in [1.82, 2.24) is 0 Å². The van der Waals surface area contributed by atoms with Crippen LogP contribution < -0.4 is 0 Å². The van der Waals surface area contributed by atoms with Crippen LogP contribution in [-0.2, 0) is 0 Å². The second-order valence-electron chi connectivity index (χ2n) is 3.26. The predicted octanol–water partition coefficient (Wildman–Crippen LogP) is 3.40. The van der Waals surface area contributed by atoms with Gasteiger partial charge in [-0.25, -0.2) is 0 Å². The van der Waals surface area contributed by atoms with Crippen LogP contribution in [0.4, 0.5) is 4.39 Å². The quantitative estimate of drug-likeness (QED) is 0.535. The molecule has 0 aromatic carbocycles. The van der Waals surface area contributed by atoms with Crippen LogP contribution in [-0.4, -0.2) is 10.1 Å². The molecule has 0 N–H and O–H groups in total. The van der Waals surface area contributed by atoms with Crippen LogP contribution in [0.5, 0.6) is 0 Å². The Morgan fingerprint density at radius 2 is 2.10 bits per heavy atom. The summed E-state index contributed by atoms with van der Waals surface area (Å²) in [7, 11) is 0. The van der Waals surface area contributed by atoms with E-state index in [0.29, 0.717) is 0 Å². The van der Waals surface area contributed by atoms with Crippen LogP contribution in [0.3, 0.4) is 0 Å². The van der Waals surface area contributed by atoms with E-state index in [9.17, 15) is 4.39 Å². The fourth-order valence-electron chi connectivity index (χ4n) is 0.544. The molecule has 0 amide bonds. The van der Waals surface area contributed by atoms with Gasteiger partial charge in [-0.05, 0) is 18.8 Å². The molecule has 0 bridgehead atoms. The SMILES string of the molecule is CC(CF)C[CH]C(C)(C)I. The van der Waals surface area contributed by atoms with Gasteiger partial charge in [-0.3, -0.25) is 4.39 Å². The highest BCUT2D eigenvalue weighted by Gasteiger charge is 2.14. The Labute approximate surface area is 76.7 Å². The summed E-state index contributed by atoms with van der Waals surface area (Å²) >= 11 is 2.35. The van der Waals surface area contributed by atoms with E-state index in [4.69, 9.17) is 0 Å². The van der Waals surface area contributed by atoms with Crippen molar-refractivity contribution in [2.24, 2.45) is 5.92 Å². The van der Waals surface area contributed by atoms with Gasteiger partial charge in [0, 0.05) is 3.42 Å². The summed E-state index contributed by atoms with van der Waals surface area (Å²) in [5, 5.41) is 0. The Kier molecular flexibility index (Phi) is 4.82. The van der Waals surface area contributed by atoms with E-state index in [2.05, 4.69) is 42.9 Å². The van der Waals surface area contributed by atoms with Crippen LogP contribution >= 0.6 is 22.6 Å². The van der Waals surface area contributed by atoms with Gasteiger partial charge >= 0.3 is 0 Å². The fourth-order valence-corrected chi connectivity index (χ4v) is 0.799. The summed E-state index contributed by atoms with van der Waals surface area (Å²) in [4.78, 5) is 0. The third-order valence-electron chi connectivity index (χ3n) is 1.27. The third-order valence-corrected chi connectivity index (χ3v) is 1.71. The number of alkyl halides is 2. The minimum Gasteiger partial charge on any atom is -0.251 e. The predicted molar refractivity (Wildman–Crippen MR) is 52.2 cm³/mol. The highest BCUT2D eigenvalue weighted by Crippen LogP contribution is 2.24. The molecule has 0 rings (SSSR count). The van der Waals surface area contributed by atoms with Gasteiger partial charge in [0.05, 0.1) is 6.67 Å². The zero-order chi connectivity index (χ0) is 8.20. The van der Waals surface area contributed by atoms with Gasteiger partial charge in [-0.2, -0.15) is 0 Å². The van der Waals surface area contributed by atoms with E-state index in [1.165, 1.54) is 0 Å². The van der Waals surface area contributed by atoms with E-state index < -0.39 is 0 Å². The molecule has 1 unspecified atom stereocenters. The Bertz CT molecular complexity index is 85.7. The molecule has 0 aliphatic rings. The minimum atomic E-state index is -0.205. The molecule has 0 spiro atoms. The highest BCUT2D eigenvalue weighted by molar-refractivity contribution is 14.1. The van der Waals surface area contributed by atoms with E-state index in [1.807, 2.05) is 6.92 Å². The van der Waals surface area contributed by atoms with Crippen molar-refractivity contribution in [1.29, 1.82) is 0 Å². The number of halogens is 2.